The molecule has 1 aromatic carbocycles. The van der Waals surface area contributed by atoms with Gasteiger partial charge in [0.15, 0.2) is 12.4 Å². The first-order valence-electron chi connectivity index (χ1n) is 7.62. The Morgan fingerprint density at radius 3 is 2.48 bits per heavy atom. The predicted molar refractivity (Wildman–Crippen MR) is 98.3 cm³/mol. The van der Waals surface area contributed by atoms with Gasteiger partial charge in [0, 0.05) is 5.56 Å². The summed E-state index contributed by atoms with van der Waals surface area (Å²) in [5, 5.41) is 17.6. The fourth-order valence-electron chi connectivity index (χ4n) is 2.15. The molecule has 0 amide bonds. The van der Waals surface area contributed by atoms with E-state index in [1.807, 2.05) is 30.3 Å². The molecule has 2 N–H and O–H groups in total. The van der Waals surface area contributed by atoms with Gasteiger partial charge in [0.05, 0.1) is 12.2 Å². The van der Waals surface area contributed by atoms with E-state index in [2.05, 4.69) is 0 Å². The Hall–Kier alpha value is -0.820. The second-order valence-electron chi connectivity index (χ2n) is 6.17. The normalized spacial score (nSPS) is 25.1. The maximum absolute atomic E-state index is 9.91. The van der Waals surface area contributed by atoms with Crippen LogP contribution in [0.1, 0.15) is 25.7 Å². The summed E-state index contributed by atoms with van der Waals surface area (Å²) in [6.07, 6.45) is 1.36. The highest BCUT2D eigenvalue weighted by atomic mass is 35.6. The third-order valence-electron chi connectivity index (χ3n) is 3.35. The number of alkyl halides is 3. The summed E-state index contributed by atoms with van der Waals surface area (Å²) in [7, 11) is 0. The number of benzene rings is 1. The molecule has 25 heavy (non-hydrogen) atoms. The minimum atomic E-state index is -1.97. The van der Waals surface area contributed by atoms with Crippen molar-refractivity contribution in [2.24, 2.45) is 0 Å². The average molecular weight is 409 g/mol. The fourth-order valence-corrected chi connectivity index (χ4v) is 2.28. The van der Waals surface area contributed by atoms with E-state index in [0.29, 0.717) is 0 Å². The van der Waals surface area contributed by atoms with Crippen LogP contribution in [0.5, 0.6) is 0 Å². The molecule has 2 rings (SSSR count). The lowest BCUT2D eigenvalue weighted by atomic mass is 10.1. The van der Waals surface area contributed by atoms with Crippen LogP contribution in [0.3, 0.4) is 0 Å². The van der Waals surface area contributed by atoms with Gasteiger partial charge in [-0.25, -0.2) is 0 Å². The van der Waals surface area contributed by atoms with E-state index in [9.17, 15) is 5.11 Å². The standard InChI is InChI=1S/C17H20Cl3NO4/c1-16(2,22)9-8-12-13(25-15(21)17(18,19)20)10-23-14(24-12)11-6-4-3-5-7-11/h3-9,12-14,21-22H,10H2,1-2H3/b9-8-,21-15?/t12-,13+,14+/m0/s1. The highest BCUT2D eigenvalue weighted by Gasteiger charge is 2.37. The zero-order valence-corrected chi connectivity index (χ0v) is 16.1. The van der Waals surface area contributed by atoms with Crippen molar-refractivity contribution in [3.8, 4) is 0 Å². The first-order chi connectivity index (χ1) is 11.6. The van der Waals surface area contributed by atoms with Crippen molar-refractivity contribution in [2.75, 3.05) is 6.61 Å². The van der Waals surface area contributed by atoms with Crippen molar-refractivity contribution < 1.29 is 19.3 Å². The predicted octanol–water partition coefficient (Wildman–Crippen LogP) is 4.16. The van der Waals surface area contributed by atoms with Crippen molar-refractivity contribution in [1.82, 2.24) is 0 Å². The second-order valence-corrected chi connectivity index (χ2v) is 8.45. The molecule has 5 nitrogen and oxygen atoms in total. The molecule has 0 spiro atoms. The van der Waals surface area contributed by atoms with Gasteiger partial charge in [0.25, 0.3) is 3.79 Å². The number of aliphatic hydroxyl groups is 1. The van der Waals surface area contributed by atoms with E-state index >= 15 is 0 Å². The molecule has 8 heteroatoms. The molecule has 1 aliphatic heterocycles. The molecule has 1 fully saturated rings. The van der Waals surface area contributed by atoms with Gasteiger partial charge in [-0.3, -0.25) is 5.41 Å². The molecule has 0 radical (unpaired) electrons. The van der Waals surface area contributed by atoms with Crippen LogP contribution in [0.15, 0.2) is 42.5 Å². The zero-order chi connectivity index (χ0) is 18.7. The van der Waals surface area contributed by atoms with Crippen LogP contribution in [0.2, 0.25) is 0 Å². The van der Waals surface area contributed by atoms with Crippen LogP contribution >= 0.6 is 34.8 Å². The SMILES string of the molecule is CC(C)(O)/C=C\[C@@H]1O[C@H](c2ccccc2)OC[C@H]1OC(=N)C(Cl)(Cl)Cl. The maximum Gasteiger partial charge on any atom is 0.265 e. The number of rotatable bonds is 4. The Labute approximate surface area is 161 Å². The van der Waals surface area contributed by atoms with E-state index in [1.54, 1.807) is 26.0 Å². The number of hydrogen-bond acceptors (Lipinski definition) is 5. The summed E-state index contributed by atoms with van der Waals surface area (Å²) in [4.78, 5) is 0. The van der Waals surface area contributed by atoms with Gasteiger partial charge >= 0.3 is 0 Å². The molecule has 0 saturated carbocycles. The highest BCUT2D eigenvalue weighted by Crippen LogP contribution is 2.32. The molecule has 3 atom stereocenters. The highest BCUT2D eigenvalue weighted by molar-refractivity contribution is 6.76. The molecule has 138 valence electrons. The van der Waals surface area contributed by atoms with Crippen LogP contribution < -0.4 is 0 Å². The minimum Gasteiger partial charge on any atom is -0.469 e. The summed E-state index contributed by atoms with van der Waals surface area (Å²) in [6, 6.07) is 9.42. The van der Waals surface area contributed by atoms with Gasteiger partial charge in [0.2, 0.25) is 5.90 Å². The number of ether oxygens (including phenoxy) is 3. The third kappa shape index (κ3) is 6.44. The van der Waals surface area contributed by atoms with Gasteiger partial charge in [-0.15, -0.1) is 0 Å². The molecule has 0 aliphatic carbocycles. The minimum absolute atomic E-state index is 0.129. The molecular formula is C17H20Cl3NO4. The Bertz CT molecular complexity index is 611. The molecule has 1 heterocycles. The first kappa shape index (κ1) is 20.5. The van der Waals surface area contributed by atoms with Crippen LogP contribution in [0.25, 0.3) is 0 Å². The molecule has 0 bridgehead atoms. The van der Waals surface area contributed by atoms with E-state index in [4.69, 9.17) is 54.4 Å². The topological polar surface area (TPSA) is 71.8 Å². The lowest BCUT2D eigenvalue weighted by Crippen LogP contribution is -2.44. The van der Waals surface area contributed by atoms with Crippen molar-refractivity contribution in [1.29, 1.82) is 5.41 Å². The first-order valence-corrected chi connectivity index (χ1v) is 8.76. The molecule has 1 saturated heterocycles. The van der Waals surface area contributed by atoms with Gasteiger partial charge in [-0.2, -0.15) is 0 Å². The van der Waals surface area contributed by atoms with E-state index in [-0.39, 0.29) is 6.61 Å². The smallest absolute Gasteiger partial charge is 0.265 e. The Morgan fingerprint density at radius 2 is 1.92 bits per heavy atom. The maximum atomic E-state index is 9.91. The molecule has 1 aliphatic rings. The van der Waals surface area contributed by atoms with Crippen LogP contribution in [-0.2, 0) is 14.2 Å². The summed E-state index contributed by atoms with van der Waals surface area (Å²) in [5.74, 6) is -0.519. The van der Waals surface area contributed by atoms with Gasteiger partial charge in [-0.1, -0.05) is 77.3 Å². The summed E-state index contributed by atoms with van der Waals surface area (Å²) >= 11 is 17.0. The average Bonchev–Trinajstić information content (AvgIpc) is 2.53. The largest absolute Gasteiger partial charge is 0.469 e. The summed E-state index contributed by atoms with van der Waals surface area (Å²) in [5.41, 5.74) is -0.184. The van der Waals surface area contributed by atoms with Crippen LogP contribution in [-0.4, -0.2) is 39.2 Å². The van der Waals surface area contributed by atoms with Crippen molar-refractivity contribution in [2.45, 2.75) is 41.7 Å². The van der Waals surface area contributed by atoms with E-state index in [0.717, 1.165) is 5.56 Å². The summed E-state index contributed by atoms with van der Waals surface area (Å²) in [6.45, 7) is 3.40. The lowest BCUT2D eigenvalue weighted by Gasteiger charge is -2.36. The Morgan fingerprint density at radius 1 is 1.28 bits per heavy atom. The number of hydrogen-bond donors (Lipinski definition) is 2. The second kappa shape index (κ2) is 8.25. The molecule has 0 aromatic heterocycles. The van der Waals surface area contributed by atoms with Gasteiger partial charge in [-0.05, 0) is 13.8 Å². The van der Waals surface area contributed by atoms with Gasteiger partial charge in [0.1, 0.15) is 6.10 Å². The van der Waals surface area contributed by atoms with Crippen LogP contribution in [0.4, 0.5) is 0 Å². The number of halogens is 3. The Balaban J connectivity index is 2.16. The van der Waals surface area contributed by atoms with Crippen molar-refractivity contribution in [3.05, 3.63) is 48.0 Å². The molecule has 1 aromatic rings. The third-order valence-corrected chi connectivity index (χ3v) is 3.87. The molecule has 0 unspecified atom stereocenters. The zero-order valence-electron chi connectivity index (χ0n) is 13.8. The van der Waals surface area contributed by atoms with Gasteiger partial charge < -0.3 is 19.3 Å². The Kier molecular flexibility index (Phi) is 6.76. The molecular weight excluding hydrogens is 389 g/mol. The van der Waals surface area contributed by atoms with Crippen molar-refractivity contribution in [3.63, 3.8) is 0 Å². The lowest BCUT2D eigenvalue weighted by molar-refractivity contribution is -0.241. The quantitative estimate of drug-likeness (QED) is 0.340. The van der Waals surface area contributed by atoms with E-state index in [1.165, 1.54) is 0 Å². The number of nitrogens with one attached hydrogen (secondary N) is 1. The van der Waals surface area contributed by atoms with Crippen LogP contribution in [0, 0.1) is 5.41 Å². The monoisotopic (exact) mass is 407 g/mol. The fraction of sp³-hybridized carbons (Fsp3) is 0.471. The van der Waals surface area contributed by atoms with E-state index < -0.39 is 33.8 Å². The summed E-state index contributed by atoms with van der Waals surface area (Å²) < 4.78 is 15.1. The van der Waals surface area contributed by atoms with Crippen molar-refractivity contribution >= 4 is 40.7 Å².